The maximum absolute atomic E-state index is 12.8. The first-order valence-electron chi connectivity index (χ1n) is 8.79. The molecule has 0 unspecified atom stereocenters. The Hall–Kier alpha value is -1.83. The van der Waals surface area contributed by atoms with Gasteiger partial charge in [0.1, 0.15) is 11.5 Å². The van der Waals surface area contributed by atoms with Gasteiger partial charge in [0.2, 0.25) is 0 Å². The van der Waals surface area contributed by atoms with Crippen molar-refractivity contribution in [1.82, 2.24) is 10.2 Å². The normalized spacial score (nSPS) is 16.1. The van der Waals surface area contributed by atoms with E-state index in [1.807, 2.05) is 0 Å². The van der Waals surface area contributed by atoms with E-state index in [0.29, 0.717) is 23.6 Å². The van der Waals surface area contributed by atoms with E-state index in [0.717, 1.165) is 57.9 Å². The largest absolute Gasteiger partial charge is 0.460 e. The molecule has 4 nitrogen and oxygen atoms in total. The van der Waals surface area contributed by atoms with Crippen LogP contribution in [0.15, 0.2) is 40.8 Å². The number of alkyl halides is 3. The van der Waals surface area contributed by atoms with Crippen LogP contribution in [0, 0.1) is 0 Å². The van der Waals surface area contributed by atoms with E-state index in [1.54, 1.807) is 18.2 Å². The number of nitrogens with one attached hydrogen (secondary N) is 1. The van der Waals surface area contributed by atoms with Crippen molar-refractivity contribution in [3.63, 3.8) is 0 Å². The van der Waals surface area contributed by atoms with Crippen LogP contribution in [-0.4, -0.2) is 44.3 Å². The van der Waals surface area contributed by atoms with Crippen LogP contribution in [0.4, 0.5) is 13.2 Å². The summed E-state index contributed by atoms with van der Waals surface area (Å²) in [5.74, 6) is 1.16. The average molecular weight is 368 g/mol. The molecule has 0 amide bonds. The van der Waals surface area contributed by atoms with Crippen molar-refractivity contribution in [2.45, 2.75) is 19.1 Å². The van der Waals surface area contributed by atoms with E-state index in [9.17, 15) is 13.2 Å². The highest BCUT2D eigenvalue weighted by molar-refractivity contribution is 5.58. The van der Waals surface area contributed by atoms with Crippen LogP contribution in [0.1, 0.15) is 17.7 Å². The Labute approximate surface area is 150 Å². The van der Waals surface area contributed by atoms with Gasteiger partial charge in [-0.1, -0.05) is 12.1 Å². The van der Waals surface area contributed by atoms with Crippen LogP contribution in [-0.2, 0) is 17.5 Å². The van der Waals surface area contributed by atoms with Gasteiger partial charge in [0.15, 0.2) is 0 Å². The number of nitrogens with zero attached hydrogens (tertiary/aromatic N) is 1. The molecule has 2 aromatic rings. The summed E-state index contributed by atoms with van der Waals surface area (Å²) in [5.41, 5.74) is -0.243. The van der Waals surface area contributed by atoms with E-state index >= 15 is 0 Å². The number of ether oxygens (including phenoxy) is 1. The fourth-order valence-corrected chi connectivity index (χ4v) is 2.94. The molecule has 26 heavy (non-hydrogen) atoms. The first-order chi connectivity index (χ1) is 12.5. The number of halogens is 3. The first-order valence-corrected chi connectivity index (χ1v) is 8.79. The minimum Gasteiger partial charge on any atom is -0.460 e. The van der Waals surface area contributed by atoms with Crippen LogP contribution in [0.25, 0.3) is 11.3 Å². The summed E-state index contributed by atoms with van der Waals surface area (Å²) in [4.78, 5) is 2.38. The molecule has 2 heterocycles. The summed E-state index contributed by atoms with van der Waals surface area (Å²) in [6, 6.07) is 8.68. The molecule has 0 aliphatic carbocycles. The Morgan fingerprint density at radius 3 is 2.65 bits per heavy atom. The lowest BCUT2D eigenvalue weighted by Gasteiger charge is -2.26. The van der Waals surface area contributed by atoms with Crippen LogP contribution in [0.2, 0.25) is 0 Å². The summed E-state index contributed by atoms with van der Waals surface area (Å²) in [5, 5.41) is 3.31. The number of furan rings is 1. The van der Waals surface area contributed by atoms with Gasteiger partial charge in [-0.15, -0.1) is 0 Å². The molecular weight excluding hydrogens is 345 g/mol. The van der Waals surface area contributed by atoms with E-state index < -0.39 is 11.7 Å². The van der Waals surface area contributed by atoms with Crippen molar-refractivity contribution < 1.29 is 22.3 Å². The molecule has 7 heteroatoms. The fraction of sp³-hybridized carbons (Fsp3) is 0.474. The van der Waals surface area contributed by atoms with Crippen molar-refractivity contribution in [2.24, 2.45) is 0 Å². The molecule has 1 fully saturated rings. The fourth-order valence-electron chi connectivity index (χ4n) is 2.94. The van der Waals surface area contributed by atoms with Gasteiger partial charge in [0.25, 0.3) is 0 Å². The van der Waals surface area contributed by atoms with E-state index in [1.165, 1.54) is 6.07 Å². The molecule has 1 aromatic carbocycles. The van der Waals surface area contributed by atoms with Crippen molar-refractivity contribution in [1.29, 1.82) is 0 Å². The number of hydrogen-bond donors (Lipinski definition) is 1. The molecule has 1 aliphatic heterocycles. The lowest BCUT2D eigenvalue weighted by atomic mass is 10.1. The molecule has 142 valence electrons. The average Bonchev–Trinajstić information content (AvgIpc) is 3.11. The second kappa shape index (κ2) is 8.70. The third kappa shape index (κ3) is 5.33. The van der Waals surface area contributed by atoms with Gasteiger partial charge in [0.05, 0.1) is 25.3 Å². The zero-order chi connectivity index (χ0) is 18.4. The van der Waals surface area contributed by atoms with Gasteiger partial charge in [-0.3, -0.25) is 4.90 Å². The molecule has 0 spiro atoms. The second-order valence-electron chi connectivity index (χ2n) is 6.33. The smallest absolute Gasteiger partial charge is 0.416 e. The van der Waals surface area contributed by atoms with Crippen molar-refractivity contribution in [3.8, 4) is 11.3 Å². The minimum atomic E-state index is -4.35. The van der Waals surface area contributed by atoms with Gasteiger partial charge in [-0.25, -0.2) is 0 Å². The Morgan fingerprint density at radius 2 is 1.88 bits per heavy atom. The Kier molecular flexibility index (Phi) is 6.34. The minimum absolute atomic E-state index is 0.429. The van der Waals surface area contributed by atoms with Crippen LogP contribution in [0.3, 0.4) is 0 Å². The summed E-state index contributed by atoms with van der Waals surface area (Å²) in [7, 11) is 0. The van der Waals surface area contributed by atoms with E-state index in [2.05, 4.69) is 10.2 Å². The number of benzene rings is 1. The highest BCUT2D eigenvalue weighted by atomic mass is 19.4. The highest BCUT2D eigenvalue weighted by Crippen LogP contribution is 2.32. The molecule has 0 saturated carbocycles. The quantitative estimate of drug-likeness (QED) is 0.755. The van der Waals surface area contributed by atoms with E-state index in [-0.39, 0.29) is 0 Å². The van der Waals surface area contributed by atoms with Gasteiger partial charge < -0.3 is 14.5 Å². The Bertz CT molecular complexity index is 694. The molecule has 1 aromatic heterocycles. The predicted octanol–water partition coefficient (Wildman–Crippen LogP) is 3.78. The lowest BCUT2D eigenvalue weighted by molar-refractivity contribution is -0.137. The molecule has 1 saturated heterocycles. The van der Waals surface area contributed by atoms with E-state index in [4.69, 9.17) is 9.15 Å². The van der Waals surface area contributed by atoms with Crippen LogP contribution in [0.5, 0.6) is 0 Å². The standard InChI is InChI=1S/C19H23F3N2O2/c20-19(21,22)16-4-1-3-15(13-16)18-6-5-17(26-18)14-23-7-2-8-24-9-11-25-12-10-24/h1,3-6,13,23H,2,7-12,14H2. The lowest BCUT2D eigenvalue weighted by Crippen LogP contribution is -2.37. The number of rotatable bonds is 7. The summed E-state index contributed by atoms with van der Waals surface area (Å²) in [6.07, 6.45) is -3.32. The first kappa shape index (κ1) is 18.9. The predicted molar refractivity (Wildman–Crippen MR) is 92.7 cm³/mol. The molecule has 3 rings (SSSR count). The summed E-state index contributed by atoms with van der Waals surface area (Å²) >= 11 is 0. The summed E-state index contributed by atoms with van der Waals surface area (Å²) in [6.45, 7) is 6.02. The molecule has 1 aliphatic rings. The third-order valence-electron chi connectivity index (χ3n) is 4.37. The summed E-state index contributed by atoms with van der Waals surface area (Å²) < 4.78 is 49.4. The number of hydrogen-bond acceptors (Lipinski definition) is 4. The Morgan fingerprint density at radius 1 is 1.08 bits per heavy atom. The topological polar surface area (TPSA) is 37.6 Å². The van der Waals surface area contributed by atoms with Crippen LogP contribution >= 0.6 is 0 Å². The van der Waals surface area contributed by atoms with Gasteiger partial charge >= 0.3 is 6.18 Å². The van der Waals surface area contributed by atoms with Crippen molar-refractivity contribution in [2.75, 3.05) is 39.4 Å². The molecular formula is C19H23F3N2O2. The molecule has 1 N–H and O–H groups in total. The SMILES string of the molecule is FC(F)(F)c1cccc(-c2ccc(CNCCCN3CCOCC3)o2)c1. The van der Waals surface area contributed by atoms with Gasteiger partial charge in [-0.2, -0.15) is 13.2 Å². The number of morpholine rings is 1. The molecule has 0 atom stereocenters. The third-order valence-corrected chi connectivity index (χ3v) is 4.37. The second-order valence-corrected chi connectivity index (χ2v) is 6.33. The molecule has 0 radical (unpaired) electrons. The van der Waals surface area contributed by atoms with Crippen molar-refractivity contribution in [3.05, 3.63) is 47.7 Å². The zero-order valence-corrected chi connectivity index (χ0v) is 14.5. The van der Waals surface area contributed by atoms with Gasteiger partial charge in [0, 0.05) is 18.7 Å². The molecule has 0 bridgehead atoms. The Balaban J connectivity index is 1.46. The zero-order valence-electron chi connectivity index (χ0n) is 14.5. The maximum Gasteiger partial charge on any atom is 0.416 e. The maximum atomic E-state index is 12.8. The van der Waals surface area contributed by atoms with Crippen molar-refractivity contribution >= 4 is 0 Å². The highest BCUT2D eigenvalue weighted by Gasteiger charge is 2.30. The van der Waals surface area contributed by atoms with Crippen LogP contribution < -0.4 is 5.32 Å². The van der Waals surface area contributed by atoms with Gasteiger partial charge in [-0.05, 0) is 43.8 Å². The monoisotopic (exact) mass is 368 g/mol.